The van der Waals surface area contributed by atoms with E-state index in [4.69, 9.17) is 4.74 Å². The van der Waals surface area contributed by atoms with Crippen LogP contribution in [0.1, 0.15) is 12.6 Å². The molecule has 4 nitrogen and oxygen atoms in total. The van der Waals surface area contributed by atoms with Gasteiger partial charge in [-0.15, -0.1) is 0 Å². The summed E-state index contributed by atoms with van der Waals surface area (Å²) >= 11 is 3.27. The second-order valence-electron chi connectivity index (χ2n) is 5.56. The van der Waals surface area contributed by atoms with E-state index in [0.717, 1.165) is 10.8 Å². The third kappa shape index (κ3) is 4.05. The molecule has 140 valence electrons. The number of aromatic hydroxyl groups is 1. The van der Waals surface area contributed by atoms with Crippen LogP contribution in [0.4, 0.5) is 13.2 Å². The minimum atomic E-state index is -4.68. The number of benzene rings is 2. The highest BCUT2D eigenvalue weighted by atomic mass is 79.9. The SMILES string of the molecule is CCOc1ccc(-c2ncnc(C(F)(F)F)c2-c2ccc(Br)cc2)c(O)c1. The van der Waals surface area contributed by atoms with Crippen molar-refractivity contribution < 1.29 is 23.0 Å². The molecule has 1 aromatic heterocycles. The van der Waals surface area contributed by atoms with E-state index in [1.807, 2.05) is 0 Å². The second-order valence-corrected chi connectivity index (χ2v) is 6.48. The zero-order valence-electron chi connectivity index (χ0n) is 14.1. The predicted molar refractivity (Wildman–Crippen MR) is 98.4 cm³/mol. The summed E-state index contributed by atoms with van der Waals surface area (Å²) in [5.41, 5.74) is -0.834. The zero-order valence-corrected chi connectivity index (χ0v) is 15.7. The van der Waals surface area contributed by atoms with Crippen molar-refractivity contribution in [2.75, 3.05) is 6.61 Å². The molecule has 0 aliphatic heterocycles. The molecule has 3 rings (SSSR count). The van der Waals surface area contributed by atoms with Crippen molar-refractivity contribution in [3.05, 3.63) is 59.0 Å². The topological polar surface area (TPSA) is 55.2 Å². The smallest absolute Gasteiger partial charge is 0.434 e. The Balaban J connectivity index is 2.26. The van der Waals surface area contributed by atoms with E-state index < -0.39 is 11.9 Å². The minimum absolute atomic E-state index is 0.0137. The number of phenols is 1. The Labute approximate surface area is 161 Å². The first-order valence-electron chi connectivity index (χ1n) is 7.95. The van der Waals surface area contributed by atoms with Gasteiger partial charge in [-0.3, -0.25) is 0 Å². The fourth-order valence-electron chi connectivity index (χ4n) is 2.66. The summed E-state index contributed by atoms with van der Waals surface area (Å²) in [4.78, 5) is 7.49. The first kappa shape index (κ1) is 19.2. The summed E-state index contributed by atoms with van der Waals surface area (Å²) in [7, 11) is 0. The molecule has 0 unspecified atom stereocenters. The zero-order chi connectivity index (χ0) is 19.6. The van der Waals surface area contributed by atoms with Crippen LogP contribution < -0.4 is 4.74 Å². The lowest BCUT2D eigenvalue weighted by atomic mass is 9.96. The van der Waals surface area contributed by atoms with Gasteiger partial charge in [-0.05, 0) is 36.8 Å². The Morgan fingerprint density at radius 1 is 1.07 bits per heavy atom. The van der Waals surface area contributed by atoms with Crippen LogP contribution >= 0.6 is 15.9 Å². The third-order valence-electron chi connectivity index (χ3n) is 3.78. The molecule has 27 heavy (non-hydrogen) atoms. The lowest BCUT2D eigenvalue weighted by Gasteiger charge is -2.16. The number of alkyl halides is 3. The van der Waals surface area contributed by atoms with Gasteiger partial charge in [0.1, 0.15) is 17.8 Å². The molecule has 0 aliphatic carbocycles. The summed E-state index contributed by atoms with van der Waals surface area (Å²) in [6.07, 6.45) is -3.84. The van der Waals surface area contributed by atoms with Crippen molar-refractivity contribution in [1.29, 1.82) is 0 Å². The van der Waals surface area contributed by atoms with E-state index in [1.165, 1.54) is 24.3 Å². The molecule has 8 heteroatoms. The van der Waals surface area contributed by atoms with Crippen LogP contribution in [0.2, 0.25) is 0 Å². The summed E-state index contributed by atoms with van der Waals surface area (Å²) in [5, 5.41) is 10.4. The molecule has 0 saturated heterocycles. The van der Waals surface area contributed by atoms with Gasteiger partial charge in [0.05, 0.1) is 12.3 Å². The lowest BCUT2D eigenvalue weighted by Crippen LogP contribution is -2.12. The Morgan fingerprint density at radius 3 is 2.37 bits per heavy atom. The van der Waals surface area contributed by atoms with Crippen molar-refractivity contribution in [2.24, 2.45) is 0 Å². The van der Waals surface area contributed by atoms with E-state index in [1.54, 1.807) is 25.1 Å². The summed E-state index contributed by atoms with van der Waals surface area (Å²) in [6, 6.07) is 10.7. The monoisotopic (exact) mass is 438 g/mol. The van der Waals surface area contributed by atoms with Crippen LogP contribution in [0.25, 0.3) is 22.4 Å². The van der Waals surface area contributed by atoms with Gasteiger partial charge in [-0.25, -0.2) is 9.97 Å². The van der Waals surface area contributed by atoms with E-state index in [9.17, 15) is 18.3 Å². The predicted octanol–water partition coefficient (Wildman–Crippen LogP) is 5.70. The standard InChI is InChI=1S/C19H14BrF3N2O2/c1-2-27-13-7-8-14(15(26)9-13)17-16(11-3-5-12(20)6-4-11)18(19(21,22)23)25-10-24-17/h3-10,26H,2H2,1H3. The molecule has 0 atom stereocenters. The van der Waals surface area contributed by atoms with Gasteiger partial charge in [-0.2, -0.15) is 13.2 Å². The Morgan fingerprint density at radius 2 is 1.78 bits per heavy atom. The van der Waals surface area contributed by atoms with Crippen LogP contribution in [0, 0.1) is 0 Å². The number of rotatable bonds is 4. The van der Waals surface area contributed by atoms with E-state index >= 15 is 0 Å². The lowest BCUT2D eigenvalue weighted by molar-refractivity contribution is -0.140. The van der Waals surface area contributed by atoms with Crippen LogP contribution in [0.3, 0.4) is 0 Å². The molecule has 0 fully saturated rings. The molecule has 0 bridgehead atoms. The number of hydrogen-bond donors (Lipinski definition) is 1. The van der Waals surface area contributed by atoms with Crippen molar-refractivity contribution in [3.8, 4) is 33.9 Å². The van der Waals surface area contributed by atoms with Crippen LogP contribution in [-0.4, -0.2) is 21.7 Å². The maximum Gasteiger partial charge on any atom is 0.434 e. The number of hydrogen-bond acceptors (Lipinski definition) is 4. The highest BCUT2D eigenvalue weighted by molar-refractivity contribution is 9.10. The molecule has 0 aliphatic rings. The highest BCUT2D eigenvalue weighted by Gasteiger charge is 2.37. The molecule has 3 aromatic rings. The molecule has 0 saturated carbocycles. The van der Waals surface area contributed by atoms with Crippen molar-refractivity contribution in [2.45, 2.75) is 13.1 Å². The fourth-order valence-corrected chi connectivity index (χ4v) is 2.93. The summed E-state index contributed by atoms with van der Waals surface area (Å²) in [5.74, 6) is 0.181. The van der Waals surface area contributed by atoms with Crippen molar-refractivity contribution in [3.63, 3.8) is 0 Å². The largest absolute Gasteiger partial charge is 0.507 e. The molecule has 1 N–H and O–H groups in total. The second kappa shape index (κ2) is 7.56. The summed E-state index contributed by atoms with van der Waals surface area (Å²) < 4.78 is 46.8. The molecule has 1 heterocycles. The molecular weight excluding hydrogens is 425 g/mol. The molecule has 2 aromatic carbocycles. The molecule has 0 spiro atoms. The average Bonchev–Trinajstić information content (AvgIpc) is 2.62. The number of nitrogens with zero attached hydrogens (tertiary/aromatic N) is 2. The van der Waals surface area contributed by atoms with Gasteiger partial charge in [-0.1, -0.05) is 28.1 Å². The normalized spacial score (nSPS) is 11.4. The van der Waals surface area contributed by atoms with E-state index in [-0.39, 0.29) is 28.1 Å². The molecular formula is C19H14BrF3N2O2. The Bertz CT molecular complexity index is 960. The number of halogens is 4. The highest BCUT2D eigenvalue weighted by Crippen LogP contribution is 2.43. The average molecular weight is 439 g/mol. The first-order chi connectivity index (χ1) is 12.8. The van der Waals surface area contributed by atoms with Gasteiger partial charge in [0.15, 0.2) is 5.69 Å². The quantitative estimate of drug-likeness (QED) is 0.567. The van der Waals surface area contributed by atoms with Gasteiger partial charge < -0.3 is 9.84 Å². The fraction of sp³-hybridized carbons (Fsp3) is 0.158. The van der Waals surface area contributed by atoms with Crippen molar-refractivity contribution >= 4 is 15.9 Å². The summed E-state index contributed by atoms with van der Waals surface area (Å²) in [6.45, 7) is 2.19. The number of ether oxygens (including phenoxy) is 1. The maximum absolute atomic E-state index is 13.6. The van der Waals surface area contributed by atoms with Gasteiger partial charge in [0.25, 0.3) is 0 Å². The first-order valence-corrected chi connectivity index (χ1v) is 8.75. The molecule has 0 radical (unpaired) electrons. The van der Waals surface area contributed by atoms with Crippen LogP contribution in [0.5, 0.6) is 11.5 Å². The van der Waals surface area contributed by atoms with Crippen molar-refractivity contribution in [1.82, 2.24) is 9.97 Å². The molecule has 0 amide bonds. The van der Waals surface area contributed by atoms with Gasteiger partial charge in [0.2, 0.25) is 0 Å². The van der Waals surface area contributed by atoms with E-state index in [2.05, 4.69) is 25.9 Å². The Kier molecular flexibility index (Phi) is 5.36. The van der Waals surface area contributed by atoms with E-state index in [0.29, 0.717) is 12.4 Å². The third-order valence-corrected chi connectivity index (χ3v) is 4.31. The minimum Gasteiger partial charge on any atom is -0.507 e. The maximum atomic E-state index is 13.6. The van der Waals surface area contributed by atoms with Gasteiger partial charge >= 0.3 is 6.18 Å². The number of phenolic OH excluding ortho intramolecular Hbond substituents is 1. The Hall–Kier alpha value is -2.61. The number of aromatic nitrogens is 2. The van der Waals surface area contributed by atoms with Gasteiger partial charge in [0, 0.05) is 21.7 Å². The van der Waals surface area contributed by atoms with Crippen LogP contribution in [0.15, 0.2) is 53.3 Å². The van der Waals surface area contributed by atoms with Crippen LogP contribution in [-0.2, 0) is 6.18 Å².